The fourth-order valence-corrected chi connectivity index (χ4v) is 6.52. The SMILES string of the molecule is CC(ON=C(C(=O)NC1C(=O)N(OS(=O)(=O)O)C1(C)C)c1csc(N)n1)(C(=O)O)C1CCc2cc(C3CN=C(NCCN)NC3)ccc2O1. The smallest absolute Gasteiger partial charge is 0.418 e. The number of β-lactam (4-membered cyclic amide) rings is 1. The van der Waals surface area contributed by atoms with Crippen LogP contribution in [0.15, 0.2) is 33.7 Å². The number of anilines is 1. The number of nitrogens with zero attached hydrogens (tertiary/aromatic N) is 4. The summed E-state index contributed by atoms with van der Waals surface area (Å²) in [4.78, 5) is 52.9. The molecule has 3 aliphatic heterocycles. The van der Waals surface area contributed by atoms with Gasteiger partial charge >= 0.3 is 16.4 Å². The first-order chi connectivity index (χ1) is 23.0. The van der Waals surface area contributed by atoms with Crippen LogP contribution in [-0.4, -0.2) is 107 Å². The number of nitrogens with one attached hydrogen (secondary N) is 3. The van der Waals surface area contributed by atoms with Crippen LogP contribution in [0.1, 0.15) is 49.9 Å². The highest BCUT2D eigenvalue weighted by Crippen LogP contribution is 2.36. The molecule has 0 bridgehead atoms. The normalized spacial score (nSPS) is 23.1. The molecule has 1 aromatic carbocycles. The molecule has 4 heterocycles. The quantitative estimate of drug-likeness (QED) is 0.0606. The van der Waals surface area contributed by atoms with Gasteiger partial charge in [-0.3, -0.25) is 19.1 Å². The summed E-state index contributed by atoms with van der Waals surface area (Å²) in [5.41, 5.74) is 9.13. The predicted octanol–water partition coefficient (Wildman–Crippen LogP) is -0.886. The van der Waals surface area contributed by atoms with E-state index in [1.165, 1.54) is 26.2 Å². The van der Waals surface area contributed by atoms with Gasteiger partial charge in [-0.1, -0.05) is 17.3 Å². The highest BCUT2D eigenvalue weighted by Gasteiger charge is 2.58. The lowest BCUT2D eigenvalue weighted by Crippen LogP contribution is -2.76. The largest absolute Gasteiger partial charge is 0.485 e. The molecule has 3 aliphatic rings. The maximum absolute atomic E-state index is 13.5. The Kier molecular flexibility index (Phi) is 10.0. The Labute approximate surface area is 285 Å². The summed E-state index contributed by atoms with van der Waals surface area (Å²) in [5, 5.41) is 24.8. The number of oxime groups is 1. The second-order valence-corrected chi connectivity index (χ2v) is 14.1. The number of hydrogen-bond acceptors (Lipinski definition) is 16. The molecular formula is C28H37N9O10S2. The van der Waals surface area contributed by atoms with Crippen LogP contribution >= 0.6 is 11.3 Å². The van der Waals surface area contributed by atoms with Crippen molar-refractivity contribution in [3.8, 4) is 5.75 Å². The second kappa shape index (κ2) is 13.7. The molecule has 1 fully saturated rings. The van der Waals surface area contributed by atoms with Crippen molar-refractivity contribution >= 4 is 56.3 Å². The van der Waals surface area contributed by atoms with Gasteiger partial charge in [0.05, 0.1) is 12.1 Å². The Hall–Kier alpha value is -4.57. The van der Waals surface area contributed by atoms with Crippen molar-refractivity contribution in [1.29, 1.82) is 0 Å². The van der Waals surface area contributed by atoms with Crippen molar-refractivity contribution in [3.05, 3.63) is 40.4 Å². The van der Waals surface area contributed by atoms with Gasteiger partial charge in [0.15, 0.2) is 22.9 Å². The molecule has 49 heavy (non-hydrogen) atoms. The third-order valence-corrected chi connectivity index (χ3v) is 9.40. The number of aromatic nitrogens is 1. The molecule has 2 amide bonds. The van der Waals surface area contributed by atoms with Gasteiger partial charge in [-0.15, -0.1) is 15.6 Å². The lowest BCUT2D eigenvalue weighted by Gasteiger charge is -2.50. The summed E-state index contributed by atoms with van der Waals surface area (Å²) in [6, 6.07) is 4.36. The number of hydroxylamine groups is 2. The number of rotatable bonds is 12. The number of aryl methyl sites for hydroxylation is 1. The molecule has 21 heteroatoms. The zero-order chi connectivity index (χ0) is 35.7. The van der Waals surface area contributed by atoms with Gasteiger partial charge in [-0.2, -0.15) is 13.5 Å². The summed E-state index contributed by atoms with van der Waals surface area (Å²) < 4.78 is 41.8. The number of ether oxygens (including phenoxy) is 1. The topological polar surface area (TPSA) is 282 Å². The van der Waals surface area contributed by atoms with Crippen molar-refractivity contribution < 1.29 is 46.3 Å². The molecule has 0 aliphatic carbocycles. The minimum atomic E-state index is -5.03. The molecule has 9 N–H and O–H groups in total. The van der Waals surface area contributed by atoms with Crippen LogP contribution in [0, 0.1) is 0 Å². The minimum Gasteiger partial charge on any atom is -0.485 e. The Morgan fingerprint density at radius 2 is 2.10 bits per heavy atom. The molecule has 19 nitrogen and oxygen atoms in total. The Morgan fingerprint density at radius 3 is 2.69 bits per heavy atom. The van der Waals surface area contributed by atoms with E-state index in [1.807, 2.05) is 12.1 Å². The van der Waals surface area contributed by atoms with Crippen LogP contribution in [0.5, 0.6) is 5.75 Å². The standard InChI is InChI=1S/C28H37N9O10S2/c1-27(2)21(23(39)37(27)47-49(42,43)44)35-22(38)20(17-13-48-25(30)34-17)36-46-28(3,24(40)41)19-7-5-15-10-14(4-6-18(15)45-19)16-11-32-26(33-12-16)31-9-8-29/h4,6,10,13,16,19,21H,5,7-9,11-12,29H2,1-3H3,(H2,30,34)(H,35,38)(H,40,41)(H2,31,32,33)(H,42,43,44). The summed E-state index contributed by atoms with van der Waals surface area (Å²) in [7, 11) is -5.03. The third kappa shape index (κ3) is 7.54. The first-order valence-corrected chi connectivity index (χ1v) is 17.3. The highest BCUT2D eigenvalue weighted by molar-refractivity contribution is 7.80. The van der Waals surface area contributed by atoms with E-state index in [4.69, 9.17) is 25.6 Å². The molecule has 4 unspecified atom stereocenters. The summed E-state index contributed by atoms with van der Waals surface area (Å²) in [6.07, 6.45) is -0.331. The van der Waals surface area contributed by atoms with Gasteiger partial charge in [-0.05, 0) is 50.8 Å². The molecule has 1 aromatic heterocycles. The molecular weight excluding hydrogens is 686 g/mol. The van der Waals surface area contributed by atoms with Crippen molar-refractivity contribution in [2.24, 2.45) is 15.9 Å². The van der Waals surface area contributed by atoms with Gasteiger partial charge in [-0.25, -0.2) is 9.78 Å². The molecule has 0 radical (unpaired) electrons. The molecule has 0 spiro atoms. The van der Waals surface area contributed by atoms with E-state index in [0.717, 1.165) is 22.5 Å². The Morgan fingerprint density at radius 1 is 1.35 bits per heavy atom. The van der Waals surface area contributed by atoms with Gasteiger partial charge in [0.25, 0.3) is 17.4 Å². The number of guanidine groups is 1. The number of carbonyl (C=O) groups excluding carboxylic acids is 2. The number of thiazole rings is 1. The number of benzene rings is 1. The van der Waals surface area contributed by atoms with E-state index in [9.17, 15) is 27.9 Å². The number of nitrogen functional groups attached to an aromatic ring is 1. The van der Waals surface area contributed by atoms with Crippen LogP contribution in [0.25, 0.3) is 0 Å². The van der Waals surface area contributed by atoms with E-state index < -0.39 is 57.2 Å². The van der Waals surface area contributed by atoms with E-state index in [0.29, 0.717) is 49.4 Å². The van der Waals surface area contributed by atoms with Crippen LogP contribution in [0.2, 0.25) is 0 Å². The number of amides is 2. The van der Waals surface area contributed by atoms with Gasteiger partial charge in [0.1, 0.15) is 17.5 Å². The van der Waals surface area contributed by atoms with E-state index in [-0.39, 0.29) is 23.2 Å². The molecule has 4 atom stereocenters. The van der Waals surface area contributed by atoms with Crippen LogP contribution in [0.4, 0.5) is 5.13 Å². The summed E-state index contributed by atoms with van der Waals surface area (Å²) in [5.74, 6) is -2.11. The summed E-state index contributed by atoms with van der Waals surface area (Å²) in [6.45, 7) is 6.37. The zero-order valence-corrected chi connectivity index (χ0v) is 28.3. The molecule has 266 valence electrons. The number of aliphatic carboxylic acids is 1. The first-order valence-electron chi connectivity index (χ1n) is 15.1. The van der Waals surface area contributed by atoms with Gasteiger partial charge in [0, 0.05) is 30.9 Å². The van der Waals surface area contributed by atoms with E-state index >= 15 is 0 Å². The molecule has 0 saturated carbocycles. The molecule has 2 aromatic rings. The van der Waals surface area contributed by atoms with Crippen molar-refractivity contribution in [2.75, 3.05) is 31.9 Å². The predicted molar refractivity (Wildman–Crippen MR) is 175 cm³/mol. The Bertz CT molecular complexity index is 1800. The van der Waals surface area contributed by atoms with E-state index in [2.05, 4.69) is 35.4 Å². The molecule has 5 rings (SSSR count). The lowest BCUT2D eigenvalue weighted by molar-refractivity contribution is -0.218. The lowest BCUT2D eigenvalue weighted by atomic mass is 9.84. The number of aliphatic imine (C=N–C) groups is 1. The average molecular weight is 724 g/mol. The first kappa shape index (κ1) is 35.7. The fourth-order valence-electron chi connectivity index (χ4n) is 5.52. The van der Waals surface area contributed by atoms with E-state index in [1.54, 1.807) is 6.07 Å². The van der Waals surface area contributed by atoms with Gasteiger partial charge < -0.3 is 42.1 Å². The number of fused-ring (bicyclic) bond motifs is 1. The minimum absolute atomic E-state index is 0.0652. The maximum Gasteiger partial charge on any atom is 0.418 e. The molecule has 1 saturated heterocycles. The third-order valence-electron chi connectivity index (χ3n) is 8.39. The van der Waals surface area contributed by atoms with Crippen molar-refractivity contribution in [1.82, 2.24) is 26.0 Å². The van der Waals surface area contributed by atoms with Crippen LogP contribution < -0.4 is 32.2 Å². The number of nitrogens with two attached hydrogens (primary N) is 2. The zero-order valence-electron chi connectivity index (χ0n) is 26.7. The highest BCUT2D eigenvalue weighted by atomic mass is 32.3. The second-order valence-electron chi connectivity index (χ2n) is 12.2. The van der Waals surface area contributed by atoms with Gasteiger partial charge in [0.2, 0.25) is 0 Å². The Balaban J connectivity index is 1.32. The number of carbonyl (C=O) groups is 3. The van der Waals surface area contributed by atoms with Crippen LogP contribution in [-0.2, 0) is 40.3 Å². The number of carboxylic acids is 1. The van der Waals surface area contributed by atoms with Crippen molar-refractivity contribution in [3.63, 3.8) is 0 Å². The summed E-state index contributed by atoms with van der Waals surface area (Å²) >= 11 is 0.971. The number of hydrogen-bond donors (Lipinski definition) is 7. The van der Waals surface area contributed by atoms with Crippen molar-refractivity contribution in [2.45, 2.75) is 62.8 Å². The monoisotopic (exact) mass is 723 g/mol. The average Bonchev–Trinajstić information content (AvgIpc) is 3.49. The number of carboxylic acid groups (broad SMARTS) is 1. The van der Waals surface area contributed by atoms with Crippen LogP contribution in [0.3, 0.4) is 0 Å². The maximum atomic E-state index is 13.5. The fraction of sp³-hybridized carbons (Fsp3) is 0.500.